The summed E-state index contributed by atoms with van der Waals surface area (Å²) in [4.78, 5) is 7.43. The van der Waals surface area contributed by atoms with Gasteiger partial charge in [0.05, 0.1) is 16.1 Å². The summed E-state index contributed by atoms with van der Waals surface area (Å²) in [6.07, 6.45) is 7.29. The van der Waals surface area contributed by atoms with Gasteiger partial charge in [-0.3, -0.25) is 0 Å². The van der Waals surface area contributed by atoms with Crippen molar-refractivity contribution in [2.75, 3.05) is 0 Å². The number of rotatable bonds is 2. The van der Waals surface area contributed by atoms with E-state index in [1.54, 1.807) is 11.3 Å². The molecule has 4 heteroatoms. The fraction of sp³-hybridized carbons (Fsp3) is 0.533. The molecular formula is C15H20N2S2. The van der Waals surface area contributed by atoms with Crippen LogP contribution in [0.15, 0.2) is 17.5 Å². The maximum atomic E-state index is 6.63. The van der Waals surface area contributed by atoms with E-state index >= 15 is 0 Å². The Labute approximate surface area is 122 Å². The Hall–Kier alpha value is -0.710. The molecule has 3 rings (SSSR count). The fourth-order valence-corrected chi connectivity index (χ4v) is 4.66. The number of hydrogen-bond donors (Lipinski definition) is 1. The Morgan fingerprint density at radius 2 is 1.89 bits per heavy atom. The van der Waals surface area contributed by atoms with Crippen LogP contribution >= 0.6 is 22.7 Å². The predicted molar refractivity (Wildman–Crippen MR) is 83.7 cm³/mol. The summed E-state index contributed by atoms with van der Waals surface area (Å²) in [5.74, 6) is 0. The first-order chi connectivity index (χ1) is 9.17. The van der Waals surface area contributed by atoms with Crippen LogP contribution in [0.1, 0.15) is 48.4 Å². The van der Waals surface area contributed by atoms with E-state index in [-0.39, 0.29) is 5.54 Å². The zero-order valence-corrected chi connectivity index (χ0v) is 12.9. The molecule has 2 aromatic heterocycles. The first-order valence-electron chi connectivity index (χ1n) is 6.99. The summed E-state index contributed by atoms with van der Waals surface area (Å²) >= 11 is 3.55. The topological polar surface area (TPSA) is 38.9 Å². The molecular weight excluding hydrogens is 272 g/mol. The lowest BCUT2D eigenvalue weighted by atomic mass is 9.92. The van der Waals surface area contributed by atoms with E-state index in [2.05, 4.69) is 24.4 Å². The van der Waals surface area contributed by atoms with Crippen LogP contribution in [-0.2, 0) is 5.54 Å². The number of thiazole rings is 1. The highest BCUT2D eigenvalue weighted by molar-refractivity contribution is 7.16. The molecule has 1 fully saturated rings. The molecule has 0 spiro atoms. The molecule has 0 atom stereocenters. The van der Waals surface area contributed by atoms with Crippen molar-refractivity contribution < 1.29 is 0 Å². The largest absolute Gasteiger partial charge is 0.319 e. The van der Waals surface area contributed by atoms with Crippen LogP contribution in [0.3, 0.4) is 0 Å². The van der Waals surface area contributed by atoms with Gasteiger partial charge in [-0.05, 0) is 31.9 Å². The van der Waals surface area contributed by atoms with E-state index in [0.717, 1.165) is 23.5 Å². The maximum absolute atomic E-state index is 6.63. The normalized spacial score (nSPS) is 19.3. The summed E-state index contributed by atoms with van der Waals surface area (Å²) in [5, 5.41) is 3.30. The summed E-state index contributed by atoms with van der Waals surface area (Å²) in [6.45, 7) is 2.14. The van der Waals surface area contributed by atoms with Gasteiger partial charge in [0.1, 0.15) is 5.01 Å². The first kappa shape index (κ1) is 13.3. The van der Waals surface area contributed by atoms with Crippen LogP contribution in [0.25, 0.3) is 10.6 Å². The molecule has 0 unspecified atom stereocenters. The van der Waals surface area contributed by atoms with E-state index in [0.29, 0.717) is 0 Å². The molecule has 1 aliphatic rings. The van der Waals surface area contributed by atoms with E-state index in [1.165, 1.54) is 35.4 Å². The monoisotopic (exact) mass is 292 g/mol. The first-order valence-corrected chi connectivity index (χ1v) is 8.69. The van der Waals surface area contributed by atoms with Gasteiger partial charge in [-0.25, -0.2) is 4.98 Å². The van der Waals surface area contributed by atoms with Crippen molar-refractivity contribution in [2.24, 2.45) is 5.73 Å². The van der Waals surface area contributed by atoms with Crippen molar-refractivity contribution >= 4 is 22.7 Å². The van der Waals surface area contributed by atoms with Crippen LogP contribution in [0, 0.1) is 6.92 Å². The number of hydrogen-bond acceptors (Lipinski definition) is 4. The third kappa shape index (κ3) is 2.76. The smallest absolute Gasteiger partial charge is 0.113 e. The maximum Gasteiger partial charge on any atom is 0.113 e. The summed E-state index contributed by atoms with van der Waals surface area (Å²) < 4.78 is 0. The quantitative estimate of drug-likeness (QED) is 0.816. The van der Waals surface area contributed by atoms with Gasteiger partial charge in [-0.1, -0.05) is 25.7 Å². The molecule has 2 aromatic rings. The Bertz CT molecular complexity index is 548. The van der Waals surface area contributed by atoms with Gasteiger partial charge in [0, 0.05) is 10.3 Å². The average Bonchev–Trinajstić information content (AvgIpc) is 2.97. The molecule has 19 heavy (non-hydrogen) atoms. The highest BCUT2D eigenvalue weighted by atomic mass is 32.1. The van der Waals surface area contributed by atoms with E-state index < -0.39 is 0 Å². The van der Waals surface area contributed by atoms with Gasteiger partial charge in [-0.15, -0.1) is 22.7 Å². The molecule has 0 bridgehead atoms. The molecule has 1 aliphatic carbocycles. The molecule has 0 saturated heterocycles. The predicted octanol–water partition coefficient (Wildman–Crippen LogP) is 4.69. The summed E-state index contributed by atoms with van der Waals surface area (Å²) in [5.41, 5.74) is 7.56. The van der Waals surface area contributed by atoms with Crippen molar-refractivity contribution in [2.45, 2.75) is 51.0 Å². The molecule has 2 heterocycles. The zero-order valence-electron chi connectivity index (χ0n) is 11.3. The van der Waals surface area contributed by atoms with Crippen LogP contribution in [0.5, 0.6) is 0 Å². The Morgan fingerprint density at radius 3 is 2.53 bits per heavy atom. The van der Waals surface area contributed by atoms with Gasteiger partial charge >= 0.3 is 0 Å². The minimum atomic E-state index is -0.175. The lowest BCUT2D eigenvalue weighted by Crippen LogP contribution is -2.35. The Morgan fingerprint density at radius 1 is 1.16 bits per heavy atom. The van der Waals surface area contributed by atoms with Crippen molar-refractivity contribution in [3.05, 3.63) is 27.4 Å². The summed E-state index contributed by atoms with van der Waals surface area (Å²) in [6, 6.07) is 4.32. The highest BCUT2D eigenvalue weighted by Crippen LogP contribution is 2.37. The number of nitrogens with two attached hydrogens (primary N) is 1. The van der Waals surface area contributed by atoms with E-state index in [1.807, 2.05) is 11.3 Å². The number of aryl methyl sites for hydroxylation is 1. The lowest BCUT2D eigenvalue weighted by molar-refractivity contribution is 0.384. The molecule has 2 N–H and O–H groups in total. The van der Waals surface area contributed by atoms with Gasteiger partial charge in [0.15, 0.2) is 0 Å². The van der Waals surface area contributed by atoms with Crippen LogP contribution in [0.4, 0.5) is 0 Å². The molecule has 0 amide bonds. The van der Waals surface area contributed by atoms with E-state index in [9.17, 15) is 0 Å². The van der Waals surface area contributed by atoms with Crippen molar-refractivity contribution in [3.8, 4) is 10.6 Å². The summed E-state index contributed by atoms with van der Waals surface area (Å²) in [7, 11) is 0. The zero-order chi connectivity index (χ0) is 13.3. The van der Waals surface area contributed by atoms with Crippen molar-refractivity contribution in [3.63, 3.8) is 0 Å². The number of thiophene rings is 1. The average molecular weight is 292 g/mol. The van der Waals surface area contributed by atoms with Crippen LogP contribution in [0.2, 0.25) is 0 Å². The van der Waals surface area contributed by atoms with Gasteiger partial charge in [-0.2, -0.15) is 0 Å². The molecule has 0 aromatic carbocycles. The number of nitrogens with zero attached hydrogens (tertiary/aromatic N) is 1. The van der Waals surface area contributed by atoms with Gasteiger partial charge < -0.3 is 5.73 Å². The Kier molecular flexibility index (Phi) is 3.74. The highest BCUT2D eigenvalue weighted by Gasteiger charge is 2.31. The molecule has 102 valence electrons. The molecule has 2 nitrogen and oxygen atoms in total. The Balaban J connectivity index is 1.87. The van der Waals surface area contributed by atoms with Crippen molar-refractivity contribution in [1.82, 2.24) is 4.98 Å². The number of aromatic nitrogens is 1. The molecule has 0 radical (unpaired) electrons. The third-order valence-corrected chi connectivity index (χ3v) is 6.00. The van der Waals surface area contributed by atoms with Crippen molar-refractivity contribution in [1.29, 1.82) is 0 Å². The third-order valence-electron chi connectivity index (χ3n) is 3.92. The van der Waals surface area contributed by atoms with Gasteiger partial charge in [0.25, 0.3) is 0 Å². The molecule has 0 aliphatic heterocycles. The van der Waals surface area contributed by atoms with E-state index in [4.69, 9.17) is 10.7 Å². The second-order valence-electron chi connectivity index (χ2n) is 5.52. The standard InChI is InChI=1S/C15H20N2S2/c1-11-6-7-13(19-11)12-10-18-14(17-12)15(16)8-4-2-3-5-9-15/h6-7,10H,2-5,8-9,16H2,1H3. The SMILES string of the molecule is Cc1ccc(-c2csc(C3(N)CCCCCC3)n2)s1. The van der Waals surface area contributed by atoms with Gasteiger partial charge in [0.2, 0.25) is 0 Å². The second kappa shape index (κ2) is 5.35. The van der Waals surface area contributed by atoms with Crippen LogP contribution in [-0.4, -0.2) is 4.98 Å². The minimum Gasteiger partial charge on any atom is -0.319 e. The molecule has 1 saturated carbocycles. The minimum absolute atomic E-state index is 0.175. The lowest BCUT2D eigenvalue weighted by Gasteiger charge is -2.25. The fourth-order valence-electron chi connectivity index (χ4n) is 2.76. The van der Waals surface area contributed by atoms with Crippen LogP contribution < -0.4 is 5.73 Å². The second-order valence-corrected chi connectivity index (χ2v) is 7.66.